The summed E-state index contributed by atoms with van der Waals surface area (Å²) in [5, 5.41) is 0. The third-order valence-electron chi connectivity index (χ3n) is 1.89. The average molecular weight is 187 g/mol. The molecule has 0 spiro atoms. The van der Waals surface area contributed by atoms with E-state index in [0.29, 0.717) is 13.0 Å². The maximum atomic E-state index is 11.1. The molecule has 0 saturated carbocycles. The first-order valence-electron chi connectivity index (χ1n) is 5.10. The Morgan fingerprint density at radius 1 is 1.46 bits per heavy atom. The second-order valence-electron chi connectivity index (χ2n) is 3.33. The van der Waals surface area contributed by atoms with E-state index in [1.165, 1.54) is 0 Å². The summed E-state index contributed by atoms with van der Waals surface area (Å²) in [5.41, 5.74) is 5.34. The van der Waals surface area contributed by atoms with Crippen LogP contribution < -0.4 is 5.73 Å². The van der Waals surface area contributed by atoms with Gasteiger partial charge in [-0.2, -0.15) is 0 Å². The standard InChI is InChI=1S/C10H21NO2/c1-3-4-5-6-10(12)13-9(2)7-8-11/h9H,3-8,11H2,1-2H3. The van der Waals surface area contributed by atoms with Gasteiger partial charge in [0.1, 0.15) is 6.10 Å². The Kier molecular flexibility index (Phi) is 7.69. The van der Waals surface area contributed by atoms with Crippen LogP contribution in [-0.2, 0) is 9.53 Å². The highest BCUT2D eigenvalue weighted by Crippen LogP contribution is 2.03. The van der Waals surface area contributed by atoms with E-state index in [1.54, 1.807) is 0 Å². The molecule has 0 aliphatic carbocycles. The number of carbonyl (C=O) groups excluding carboxylic acids is 1. The van der Waals surface area contributed by atoms with E-state index in [1.807, 2.05) is 6.92 Å². The molecule has 0 radical (unpaired) electrons. The van der Waals surface area contributed by atoms with Crippen LogP contribution in [0.4, 0.5) is 0 Å². The molecular weight excluding hydrogens is 166 g/mol. The number of ether oxygens (including phenoxy) is 1. The minimum atomic E-state index is -0.0885. The van der Waals surface area contributed by atoms with Crippen molar-refractivity contribution in [2.75, 3.05) is 6.54 Å². The Morgan fingerprint density at radius 3 is 2.69 bits per heavy atom. The lowest BCUT2D eigenvalue weighted by Crippen LogP contribution is -2.18. The molecule has 0 saturated heterocycles. The first kappa shape index (κ1) is 12.4. The normalized spacial score (nSPS) is 12.5. The van der Waals surface area contributed by atoms with E-state index >= 15 is 0 Å². The molecule has 0 aliphatic heterocycles. The number of nitrogens with two attached hydrogens (primary N) is 1. The number of hydrogen-bond acceptors (Lipinski definition) is 3. The summed E-state index contributed by atoms with van der Waals surface area (Å²) >= 11 is 0. The first-order chi connectivity index (χ1) is 6.20. The van der Waals surface area contributed by atoms with Crippen LogP contribution >= 0.6 is 0 Å². The molecule has 0 heterocycles. The van der Waals surface area contributed by atoms with Crippen molar-refractivity contribution in [1.82, 2.24) is 0 Å². The van der Waals surface area contributed by atoms with Crippen LogP contribution in [-0.4, -0.2) is 18.6 Å². The summed E-state index contributed by atoms with van der Waals surface area (Å²) in [7, 11) is 0. The molecule has 3 heteroatoms. The summed E-state index contributed by atoms with van der Waals surface area (Å²) in [6.07, 6.45) is 4.43. The predicted molar refractivity (Wildman–Crippen MR) is 53.4 cm³/mol. The van der Waals surface area contributed by atoms with Crippen LogP contribution in [0.2, 0.25) is 0 Å². The molecule has 0 aromatic heterocycles. The van der Waals surface area contributed by atoms with Gasteiger partial charge in [0.05, 0.1) is 0 Å². The molecule has 0 fully saturated rings. The van der Waals surface area contributed by atoms with Gasteiger partial charge < -0.3 is 10.5 Å². The molecule has 0 aromatic rings. The Balaban J connectivity index is 3.38. The van der Waals surface area contributed by atoms with Crippen LogP contribution in [0.1, 0.15) is 46.0 Å². The van der Waals surface area contributed by atoms with E-state index in [0.717, 1.165) is 25.7 Å². The first-order valence-corrected chi connectivity index (χ1v) is 5.10. The third kappa shape index (κ3) is 7.78. The number of unbranched alkanes of at least 4 members (excludes halogenated alkanes) is 2. The number of carbonyl (C=O) groups is 1. The Labute approximate surface area is 80.6 Å². The molecule has 3 nitrogen and oxygen atoms in total. The highest BCUT2D eigenvalue weighted by atomic mass is 16.5. The Hall–Kier alpha value is -0.570. The monoisotopic (exact) mass is 187 g/mol. The van der Waals surface area contributed by atoms with Crippen LogP contribution in [0.25, 0.3) is 0 Å². The van der Waals surface area contributed by atoms with Crippen molar-refractivity contribution >= 4 is 5.97 Å². The van der Waals surface area contributed by atoms with Gasteiger partial charge in [-0.15, -0.1) is 0 Å². The number of esters is 1. The fourth-order valence-corrected chi connectivity index (χ4v) is 1.10. The van der Waals surface area contributed by atoms with Gasteiger partial charge in [-0.1, -0.05) is 19.8 Å². The topological polar surface area (TPSA) is 52.3 Å². The zero-order valence-electron chi connectivity index (χ0n) is 8.71. The van der Waals surface area contributed by atoms with E-state index in [4.69, 9.17) is 10.5 Å². The molecule has 2 N–H and O–H groups in total. The SMILES string of the molecule is CCCCCC(=O)OC(C)CCN. The lowest BCUT2D eigenvalue weighted by molar-refractivity contribution is -0.148. The van der Waals surface area contributed by atoms with Gasteiger partial charge in [-0.05, 0) is 26.3 Å². The minimum absolute atomic E-state index is 0.0286. The van der Waals surface area contributed by atoms with Gasteiger partial charge in [0, 0.05) is 6.42 Å². The zero-order valence-corrected chi connectivity index (χ0v) is 8.71. The van der Waals surface area contributed by atoms with Crippen LogP contribution in [0.3, 0.4) is 0 Å². The third-order valence-corrected chi connectivity index (χ3v) is 1.89. The van der Waals surface area contributed by atoms with Gasteiger partial charge in [0.25, 0.3) is 0 Å². The van der Waals surface area contributed by atoms with Crippen LogP contribution in [0, 0.1) is 0 Å². The molecule has 0 rings (SSSR count). The van der Waals surface area contributed by atoms with Crippen molar-refractivity contribution in [3.05, 3.63) is 0 Å². The number of hydrogen-bond donors (Lipinski definition) is 1. The average Bonchev–Trinajstić information content (AvgIpc) is 2.05. The second-order valence-corrected chi connectivity index (χ2v) is 3.33. The molecule has 1 unspecified atom stereocenters. The van der Waals surface area contributed by atoms with Crippen LogP contribution in [0.15, 0.2) is 0 Å². The summed E-state index contributed by atoms with van der Waals surface area (Å²) in [6, 6.07) is 0. The molecule has 1 atom stereocenters. The van der Waals surface area contributed by atoms with Gasteiger partial charge in [0.2, 0.25) is 0 Å². The smallest absolute Gasteiger partial charge is 0.306 e. The summed E-state index contributed by atoms with van der Waals surface area (Å²) in [4.78, 5) is 11.1. The fourth-order valence-electron chi connectivity index (χ4n) is 1.10. The maximum absolute atomic E-state index is 11.1. The van der Waals surface area contributed by atoms with Gasteiger partial charge in [0.15, 0.2) is 0 Å². The van der Waals surface area contributed by atoms with Crippen molar-refractivity contribution in [2.24, 2.45) is 5.73 Å². The maximum Gasteiger partial charge on any atom is 0.306 e. The van der Waals surface area contributed by atoms with Crippen molar-refractivity contribution in [3.8, 4) is 0 Å². The Morgan fingerprint density at radius 2 is 2.15 bits per heavy atom. The lowest BCUT2D eigenvalue weighted by Gasteiger charge is -2.11. The minimum Gasteiger partial charge on any atom is -0.463 e. The van der Waals surface area contributed by atoms with Crippen molar-refractivity contribution in [1.29, 1.82) is 0 Å². The van der Waals surface area contributed by atoms with E-state index in [2.05, 4.69) is 6.92 Å². The molecule has 78 valence electrons. The Bertz CT molecular complexity index is 137. The molecule has 0 bridgehead atoms. The van der Waals surface area contributed by atoms with Gasteiger partial charge >= 0.3 is 5.97 Å². The van der Waals surface area contributed by atoms with Crippen LogP contribution in [0.5, 0.6) is 0 Å². The molecule has 13 heavy (non-hydrogen) atoms. The van der Waals surface area contributed by atoms with E-state index in [9.17, 15) is 4.79 Å². The highest BCUT2D eigenvalue weighted by molar-refractivity contribution is 5.69. The summed E-state index contributed by atoms with van der Waals surface area (Å²) in [5.74, 6) is -0.0885. The molecule has 0 amide bonds. The second kappa shape index (κ2) is 8.05. The number of rotatable bonds is 7. The zero-order chi connectivity index (χ0) is 10.1. The van der Waals surface area contributed by atoms with Gasteiger partial charge in [-0.25, -0.2) is 0 Å². The molecule has 0 aromatic carbocycles. The fraction of sp³-hybridized carbons (Fsp3) is 0.900. The highest BCUT2D eigenvalue weighted by Gasteiger charge is 2.07. The predicted octanol–water partition coefficient (Wildman–Crippen LogP) is 1.85. The molecule has 0 aliphatic rings. The lowest BCUT2D eigenvalue weighted by atomic mass is 10.2. The van der Waals surface area contributed by atoms with Crippen molar-refractivity contribution in [3.63, 3.8) is 0 Å². The summed E-state index contributed by atoms with van der Waals surface area (Å²) < 4.78 is 5.12. The van der Waals surface area contributed by atoms with Crippen molar-refractivity contribution < 1.29 is 9.53 Å². The molecular formula is C10H21NO2. The van der Waals surface area contributed by atoms with E-state index in [-0.39, 0.29) is 12.1 Å². The van der Waals surface area contributed by atoms with E-state index < -0.39 is 0 Å². The van der Waals surface area contributed by atoms with Crippen molar-refractivity contribution in [2.45, 2.75) is 52.1 Å². The largest absolute Gasteiger partial charge is 0.463 e. The quantitative estimate of drug-likeness (QED) is 0.489. The summed E-state index contributed by atoms with van der Waals surface area (Å²) in [6.45, 7) is 4.57. The van der Waals surface area contributed by atoms with Gasteiger partial charge in [-0.3, -0.25) is 4.79 Å².